The van der Waals surface area contributed by atoms with Gasteiger partial charge in [0.25, 0.3) is 5.91 Å². The molecule has 1 amide bonds. The number of hydrogen-bond donors (Lipinski definition) is 1. The molecule has 0 atom stereocenters. The van der Waals surface area contributed by atoms with Crippen molar-refractivity contribution in [3.8, 4) is 0 Å². The fraction of sp³-hybridized carbons (Fsp3) is 0.154. The first kappa shape index (κ1) is 13.2. The van der Waals surface area contributed by atoms with E-state index in [-0.39, 0.29) is 5.56 Å². The van der Waals surface area contributed by atoms with Crippen LogP contribution in [0.4, 0.5) is 4.39 Å². The largest absolute Gasteiger partial charge is 0.347 e. The minimum absolute atomic E-state index is 0.0534. The van der Waals surface area contributed by atoms with Crippen molar-refractivity contribution in [1.82, 2.24) is 5.32 Å². The summed E-state index contributed by atoms with van der Waals surface area (Å²) in [6.45, 7) is 2.42. The van der Waals surface area contributed by atoms with E-state index in [1.54, 1.807) is 23.5 Å². The van der Waals surface area contributed by atoms with Crippen LogP contribution in [0, 0.1) is 12.7 Å². The number of thiophene rings is 1. The van der Waals surface area contributed by atoms with Crippen molar-refractivity contribution in [2.45, 2.75) is 13.5 Å². The first-order valence-electron chi connectivity index (χ1n) is 5.35. The molecule has 0 aliphatic carbocycles. The number of amides is 1. The summed E-state index contributed by atoms with van der Waals surface area (Å²) in [4.78, 5) is 14.1. The number of carbonyl (C=O) groups excluding carboxylic acids is 1. The van der Waals surface area contributed by atoms with Crippen LogP contribution in [0.2, 0.25) is 0 Å². The van der Waals surface area contributed by atoms with E-state index in [1.165, 1.54) is 10.9 Å². The fourth-order valence-corrected chi connectivity index (χ4v) is 2.72. The maximum Gasteiger partial charge on any atom is 0.254 e. The molecular formula is C13H11BrFNOS. The molecule has 1 N–H and O–H groups in total. The van der Waals surface area contributed by atoms with Gasteiger partial charge in [-0.05, 0) is 47.1 Å². The molecule has 94 valence electrons. The van der Waals surface area contributed by atoms with E-state index < -0.39 is 11.7 Å². The van der Waals surface area contributed by atoms with Crippen LogP contribution < -0.4 is 5.32 Å². The molecule has 18 heavy (non-hydrogen) atoms. The minimum Gasteiger partial charge on any atom is -0.347 e. The molecule has 1 heterocycles. The van der Waals surface area contributed by atoms with Crippen molar-refractivity contribution < 1.29 is 9.18 Å². The Kier molecular flexibility index (Phi) is 4.14. The molecule has 0 fully saturated rings. The van der Waals surface area contributed by atoms with Crippen LogP contribution in [-0.2, 0) is 6.54 Å². The average Bonchev–Trinajstić information content (AvgIpc) is 2.76. The number of aryl methyl sites for hydroxylation is 1. The third-order valence-corrected chi connectivity index (χ3v) is 4.03. The average molecular weight is 328 g/mol. The first-order chi connectivity index (χ1) is 8.58. The summed E-state index contributed by atoms with van der Waals surface area (Å²) in [6.07, 6.45) is 0. The topological polar surface area (TPSA) is 29.1 Å². The van der Waals surface area contributed by atoms with Gasteiger partial charge in [-0.1, -0.05) is 6.07 Å². The summed E-state index contributed by atoms with van der Waals surface area (Å²) < 4.78 is 14.0. The lowest BCUT2D eigenvalue weighted by Crippen LogP contribution is -2.23. The van der Waals surface area contributed by atoms with Crippen LogP contribution in [0.25, 0.3) is 0 Å². The molecule has 0 aliphatic heterocycles. The molecule has 0 radical (unpaired) electrons. The Bertz CT molecular complexity index is 582. The maximum absolute atomic E-state index is 13.7. The zero-order valence-electron chi connectivity index (χ0n) is 9.67. The third kappa shape index (κ3) is 2.97. The molecule has 0 spiro atoms. The van der Waals surface area contributed by atoms with Gasteiger partial charge in [-0.15, -0.1) is 11.3 Å². The van der Waals surface area contributed by atoms with Crippen molar-refractivity contribution in [2.24, 2.45) is 0 Å². The monoisotopic (exact) mass is 327 g/mol. The molecule has 1 aromatic heterocycles. The molecule has 2 nitrogen and oxygen atoms in total. The zero-order chi connectivity index (χ0) is 13.1. The third-order valence-electron chi connectivity index (χ3n) is 2.42. The predicted octanol–water partition coefficient (Wildman–Crippen LogP) is 3.89. The molecular weight excluding hydrogens is 317 g/mol. The quantitative estimate of drug-likeness (QED) is 0.910. The summed E-state index contributed by atoms with van der Waals surface area (Å²) in [5.74, 6) is -0.933. The maximum atomic E-state index is 13.7. The highest BCUT2D eigenvalue weighted by Crippen LogP contribution is 2.19. The second kappa shape index (κ2) is 5.63. The van der Waals surface area contributed by atoms with E-state index in [1.807, 2.05) is 19.1 Å². The number of hydrogen-bond acceptors (Lipinski definition) is 2. The summed E-state index contributed by atoms with van der Waals surface area (Å²) >= 11 is 4.68. The van der Waals surface area contributed by atoms with E-state index >= 15 is 0 Å². The number of rotatable bonds is 3. The van der Waals surface area contributed by atoms with Crippen molar-refractivity contribution in [3.05, 3.63) is 55.9 Å². The van der Waals surface area contributed by atoms with E-state index in [4.69, 9.17) is 0 Å². The van der Waals surface area contributed by atoms with Crippen LogP contribution in [-0.4, -0.2) is 5.91 Å². The SMILES string of the molecule is Cc1ccc(CNC(=O)c2cccc(Br)c2F)s1. The van der Waals surface area contributed by atoms with Crippen molar-refractivity contribution >= 4 is 33.2 Å². The summed E-state index contributed by atoms with van der Waals surface area (Å²) in [5.41, 5.74) is 0.0534. The van der Waals surface area contributed by atoms with Crippen molar-refractivity contribution in [1.29, 1.82) is 0 Å². The molecule has 5 heteroatoms. The van der Waals surface area contributed by atoms with Gasteiger partial charge in [-0.25, -0.2) is 4.39 Å². The molecule has 0 saturated heterocycles. The number of halogens is 2. The van der Waals surface area contributed by atoms with Gasteiger partial charge in [0, 0.05) is 9.75 Å². The Labute approximate surface area is 117 Å². The van der Waals surface area contributed by atoms with Gasteiger partial charge in [0.1, 0.15) is 5.82 Å². The Balaban J connectivity index is 2.06. The molecule has 0 unspecified atom stereocenters. The minimum atomic E-state index is -0.530. The van der Waals surface area contributed by atoms with Crippen LogP contribution in [0.15, 0.2) is 34.8 Å². The zero-order valence-corrected chi connectivity index (χ0v) is 12.1. The van der Waals surface area contributed by atoms with Crippen molar-refractivity contribution in [3.63, 3.8) is 0 Å². The van der Waals surface area contributed by atoms with Gasteiger partial charge in [0.05, 0.1) is 16.6 Å². The smallest absolute Gasteiger partial charge is 0.254 e. The van der Waals surface area contributed by atoms with Gasteiger partial charge in [-0.3, -0.25) is 4.79 Å². The van der Waals surface area contributed by atoms with Crippen molar-refractivity contribution in [2.75, 3.05) is 0 Å². The molecule has 0 bridgehead atoms. The predicted molar refractivity (Wildman–Crippen MR) is 74.3 cm³/mol. The second-order valence-corrected chi connectivity index (χ2v) is 6.02. The summed E-state index contributed by atoms with van der Waals surface area (Å²) in [6, 6.07) is 8.62. The number of nitrogens with one attached hydrogen (secondary N) is 1. The van der Waals surface area contributed by atoms with Gasteiger partial charge in [0.2, 0.25) is 0 Å². The first-order valence-corrected chi connectivity index (χ1v) is 6.96. The van der Waals surface area contributed by atoms with Crippen LogP contribution in [0.3, 0.4) is 0 Å². The van der Waals surface area contributed by atoms with E-state index in [2.05, 4.69) is 21.2 Å². The Morgan fingerprint density at radius 1 is 1.39 bits per heavy atom. The van der Waals surface area contributed by atoms with Gasteiger partial charge < -0.3 is 5.32 Å². The lowest BCUT2D eigenvalue weighted by Gasteiger charge is -2.05. The summed E-state index contributed by atoms with van der Waals surface area (Å²) in [5, 5.41) is 2.71. The highest BCUT2D eigenvalue weighted by molar-refractivity contribution is 9.10. The molecule has 2 rings (SSSR count). The molecule has 0 aliphatic rings. The lowest BCUT2D eigenvalue weighted by atomic mass is 10.2. The van der Waals surface area contributed by atoms with E-state index in [0.717, 1.165) is 4.88 Å². The highest BCUT2D eigenvalue weighted by atomic mass is 79.9. The number of benzene rings is 1. The van der Waals surface area contributed by atoms with E-state index in [9.17, 15) is 9.18 Å². The van der Waals surface area contributed by atoms with Crippen LogP contribution >= 0.6 is 27.3 Å². The Hall–Kier alpha value is -1.20. The summed E-state index contributed by atoms with van der Waals surface area (Å²) in [7, 11) is 0. The molecule has 0 saturated carbocycles. The number of carbonyl (C=O) groups is 1. The Morgan fingerprint density at radius 3 is 2.83 bits per heavy atom. The normalized spacial score (nSPS) is 10.4. The van der Waals surface area contributed by atoms with Gasteiger partial charge in [-0.2, -0.15) is 0 Å². The standard InChI is InChI=1S/C13H11BrFNOS/c1-8-5-6-9(18-8)7-16-13(17)10-3-2-4-11(14)12(10)15/h2-6H,7H2,1H3,(H,16,17). The molecule has 2 aromatic rings. The Morgan fingerprint density at radius 2 is 2.17 bits per heavy atom. The van der Waals surface area contributed by atoms with E-state index in [0.29, 0.717) is 11.0 Å². The van der Waals surface area contributed by atoms with Crippen LogP contribution in [0.5, 0.6) is 0 Å². The molecule has 1 aromatic carbocycles. The van der Waals surface area contributed by atoms with Gasteiger partial charge >= 0.3 is 0 Å². The highest BCUT2D eigenvalue weighted by Gasteiger charge is 2.13. The van der Waals surface area contributed by atoms with Gasteiger partial charge in [0.15, 0.2) is 0 Å². The fourth-order valence-electron chi connectivity index (χ4n) is 1.52. The lowest BCUT2D eigenvalue weighted by molar-refractivity contribution is 0.0947. The second-order valence-electron chi connectivity index (χ2n) is 3.80. The van der Waals surface area contributed by atoms with Crippen LogP contribution in [0.1, 0.15) is 20.1 Å².